The van der Waals surface area contributed by atoms with Crippen molar-refractivity contribution in [3.63, 3.8) is 0 Å². The molecule has 0 fully saturated rings. The summed E-state index contributed by atoms with van der Waals surface area (Å²) < 4.78 is 15.9. The number of rotatable bonds is 6. The second-order valence-electron chi connectivity index (χ2n) is 5.58. The summed E-state index contributed by atoms with van der Waals surface area (Å²) in [7, 11) is 3.00. The Kier molecular flexibility index (Phi) is 4.95. The number of hydrogen-bond acceptors (Lipinski definition) is 5. The largest absolute Gasteiger partial charge is 0.493 e. The number of furan rings is 1. The zero-order chi connectivity index (χ0) is 18.7. The standard InChI is InChI=1S/C20H18O6/c1-24-15-9-8-13(10-16(15)25-2)18(21)17-14(20(22)23)11-26-19(17)12-6-4-3-5-7-12/h3-11,18,21H,1-2H3,(H,22,23). The highest BCUT2D eigenvalue weighted by Gasteiger charge is 2.27. The van der Waals surface area contributed by atoms with E-state index in [4.69, 9.17) is 13.9 Å². The molecule has 6 nitrogen and oxygen atoms in total. The SMILES string of the molecule is COc1ccc(C(O)c2c(C(=O)O)coc2-c2ccccc2)cc1OC. The maximum atomic E-state index is 11.6. The molecule has 0 saturated heterocycles. The maximum absolute atomic E-state index is 11.6. The van der Waals surface area contributed by atoms with Crippen LogP contribution in [0.25, 0.3) is 11.3 Å². The number of carboxylic acid groups (broad SMARTS) is 1. The van der Waals surface area contributed by atoms with Crippen molar-refractivity contribution in [2.24, 2.45) is 0 Å². The minimum atomic E-state index is -1.21. The summed E-state index contributed by atoms with van der Waals surface area (Å²) >= 11 is 0. The molecule has 0 radical (unpaired) electrons. The zero-order valence-corrected chi connectivity index (χ0v) is 14.3. The number of aromatic carboxylic acids is 1. The number of carbonyl (C=O) groups is 1. The van der Waals surface area contributed by atoms with Crippen molar-refractivity contribution in [2.75, 3.05) is 14.2 Å². The molecular formula is C20H18O6. The Morgan fingerprint density at radius 3 is 2.35 bits per heavy atom. The van der Waals surface area contributed by atoms with E-state index >= 15 is 0 Å². The first-order chi connectivity index (χ1) is 12.6. The first-order valence-corrected chi connectivity index (χ1v) is 7.87. The van der Waals surface area contributed by atoms with Gasteiger partial charge in [-0.2, -0.15) is 0 Å². The smallest absolute Gasteiger partial charge is 0.339 e. The van der Waals surface area contributed by atoms with E-state index in [1.54, 1.807) is 30.3 Å². The van der Waals surface area contributed by atoms with Crippen molar-refractivity contribution >= 4 is 5.97 Å². The van der Waals surface area contributed by atoms with Gasteiger partial charge in [-0.25, -0.2) is 4.79 Å². The van der Waals surface area contributed by atoms with Crippen LogP contribution in [0.15, 0.2) is 59.2 Å². The molecule has 0 aliphatic carbocycles. The molecule has 134 valence electrons. The van der Waals surface area contributed by atoms with Gasteiger partial charge >= 0.3 is 5.97 Å². The van der Waals surface area contributed by atoms with Crippen molar-refractivity contribution in [1.82, 2.24) is 0 Å². The van der Waals surface area contributed by atoms with Crippen molar-refractivity contribution in [3.05, 3.63) is 71.5 Å². The van der Waals surface area contributed by atoms with Gasteiger partial charge in [-0.3, -0.25) is 0 Å². The molecule has 0 spiro atoms. The van der Waals surface area contributed by atoms with Gasteiger partial charge in [0.2, 0.25) is 0 Å². The average molecular weight is 354 g/mol. The van der Waals surface area contributed by atoms with E-state index in [-0.39, 0.29) is 11.1 Å². The molecule has 2 N–H and O–H groups in total. The fourth-order valence-electron chi connectivity index (χ4n) is 2.81. The Morgan fingerprint density at radius 2 is 1.73 bits per heavy atom. The van der Waals surface area contributed by atoms with Gasteiger partial charge in [-0.15, -0.1) is 0 Å². The summed E-state index contributed by atoms with van der Waals surface area (Å²) in [6, 6.07) is 14.0. The first-order valence-electron chi connectivity index (χ1n) is 7.87. The predicted octanol–water partition coefficient (Wildman–Crippen LogP) is 3.74. The van der Waals surface area contributed by atoms with Gasteiger partial charge in [0.05, 0.1) is 14.2 Å². The van der Waals surface area contributed by atoms with Crippen LogP contribution in [0.1, 0.15) is 27.6 Å². The minimum Gasteiger partial charge on any atom is -0.493 e. The summed E-state index contributed by atoms with van der Waals surface area (Å²) in [5, 5.41) is 20.4. The quantitative estimate of drug-likeness (QED) is 0.701. The lowest BCUT2D eigenvalue weighted by Crippen LogP contribution is -2.07. The van der Waals surface area contributed by atoms with E-state index in [1.807, 2.05) is 18.2 Å². The van der Waals surface area contributed by atoms with Gasteiger partial charge in [-0.1, -0.05) is 36.4 Å². The molecule has 0 saturated carbocycles. The van der Waals surface area contributed by atoms with Crippen molar-refractivity contribution in [3.8, 4) is 22.8 Å². The van der Waals surface area contributed by atoms with Crippen molar-refractivity contribution in [2.45, 2.75) is 6.10 Å². The Balaban J connectivity index is 2.13. The predicted molar refractivity (Wildman–Crippen MR) is 94.7 cm³/mol. The molecule has 0 aliphatic rings. The average Bonchev–Trinajstić information content (AvgIpc) is 3.13. The van der Waals surface area contributed by atoms with Gasteiger partial charge < -0.3 is 24.1 Å². The number of hydrogen-bond donors (Lipinski definition) is 2. The van der Waals surface area contributed by atoms with Crippen LogP contribution < -0.4 is 9.47 Å². The molecule has 1 aromatic heterocycles. The molecule has 3 rings (SSSR count). The lowest BCUT2D eigenvalue weighted by molar-refractivity contribution is 0.0691. The van der Waals surface area contributed by atoms with E-state index in [2.05, 4.69) is 0 Å². The van der Waals surface area contributed by atoms with E-state index in [0.29, 0.717) is 28.4 Å². The summed E-state index contributed by atoms with van der Waals surface area (Å²) in [6.45, 7) is 0. The highest BCUT2D eigenvalue weighted by Crippen LogP contribution is 2.38. The molecule has 6 heteroatoms. The molecule has 2 aromatic carbocycles. The van der Waals surface area contributed by atoms with Gasteiger partial charge in [0.15, 0.2) is 11.5 Å². The van der Waals surface area contributed by atoms with Crippen LogP contribution in [0, 0.1) is 0 Å². The number of aliphatic hydroxyl groups is 1. The summed E-state index contributed by atoms with van der Waals surface area (Å²) in [6.07, 6.45) is -0.0703. The van der Waals surface area contributed by atoms with Crippen LogP contribution in [0.3, 0.4) is 0 Å². The molecule has 0 bridgehead atoms. The normalized spacial score (nSPS) is 11.8. The van der Waals surface area contributed by atoms with Crippen LogP contribution in [0.4, 0.5) is 0 Å². The fraction of sp³-hybridized carbons (Fsp3) is 0.150. The summed E-state index contributed by atoms with van der Waals surface area (Å²) in [5.74, 6) is 0.0822. The lowest BCUT2D eigenvalue weighted by Gasteiger charge is -2.15. The third-order valence-corrected chi connectivity index (χ3v) is 4.09. The van der Waals surface area contributed by atoms with Crippen molar-refractivity contribution in [1.29, 1.82) is 0 Å². The lowest BCUT2D eigenvalue weighted by atomic mass is 9.95. The third kappa shape index (κ3) is 3.14. The van der Waals surface area contributed by atoms with Crippen LogP contribution in [-0.2, 0) is 0 Å². The van der Waals surface area contributed by atoms with Gasteiger partial charge in [-0.05, 0) is 17.7 Å². The molecular weight excluding hydrogens is 336 g/mol. The molecule has 0 amide bonds. The Hall–Kier alpha value is -3.25. The second kappa shape index (κ2) is 7.33. The zero-order valence-electron chi connectivity index (χ0n) is 14.3. The van der Waals surface area contributed by atoms with Crippen molar-refractivity contribution < 1.29 is 28.9 Å². The number of benzene rings is 2. The van der Waals surface area contributed by atoms with E-state index in [9.17, 15) is 15.0 Å². The van der Waals surface area contributed by atoms with Gasteiger partial charge in [0, 0.05) is 11.1 Å². The monoisotopic (exact) mass is 354 g/mol. The Morgan fingerprint density at radius 1 is 1.04 bits per heavy atom. The van der Waals surface area contributed by atoms with E-state index < -0.39 is 12.1 Å². The topological polar surface area (TPSA) is 89.1 Å². The first kappa shape index (κ1) is 17.6. The maximum Gasteiger partial charge on any atom is 0.339 e. The van der Waals surface area contributed by atoms with Crippen LogP contribution in [0.2, 0.25) is 0 Å². The molecule has 3 aromatic rings. The molecule has 1 heterocycles. The summed E-state index contributed by atoms with van der Waals surface area (Å²) in [4.78, 5) is 11.6. The Bertz CT molecular complexity index is 913. The molecule has 0 aliphatic heterocycles. The number of ether oxygens (including phenoxy) is 2. The van der Waals surface area contributed by atoms with Gasteiger partial charge in [0.1, 0.15) is 23.7 Å². The Labute approximate surface area is 150 Å². The van der Waals surface area contributed by atoms with Gasteiger partial charge in [0.25, 0.3) is 0 Å². The highest BCUT2D eigenvalue weighted by atomic mass is 16.5. The second-order valence-corrected chi connectivity index (χ2v) is 5.58. The summed E-state index contributed by atoms with van der Waals surface area (Å²) in [5.41, 5.74) is 1.24. The van der Waals surface area contributed by atoms with Crippen LogP contribution in [-0.4, -0.2) is 30.4 Å². The third-order valence-electron chi connectivity index (χ3n) is 4.09. The van der Waals surface area contributed by atoms with E-state index in [1.165, 1.54) is 14.2 Å². The molecule has 1 unspecified atom stereocenters. The number of aliphatic hydroxyl groups excluding tert-OH is 1. The minimum absolute atomic E-state index is 0.0915. The highest BCUT2D eigenvalue weighted by molar-refractivity contribution is 5.91. The molecule has 1 atom stereocenters. The molecule has 26 heavy (non-hydrogen) atoms. The number of carboxylic acids is 1. The fourth-order valence-corrected chi connectivity index (χ4v) is 2.81. The van der Waals surface area contributed by atoms with Crippen LogP contribution >= 0.6 is 0 Å². The van der Waals surface area contributed by atoms with E-state index in [0.717, 1.165) is 6.26 Å². The number of methoxy groups -OCH3 is 2. The van der Waals surface area contributed by atoms with Crippen LogP contribution in [0.5, 0.6) is 11.5 Å².